The molecule has 0 radical (unpaired) electrons. The van der Waals surface area contributed by atoms with Crippen molar-refractivity contribution in [3.63, 3.8) is 0 Å². The highest BCUT2D eigenvalue weighted by Crippen LogP contribution is 2.25. The van der Waals surface area contributed by atoms with Gasteiger partial charge in [0.15, 0.2) is 0 Å². The van der Waals surface area contributed by atoms with Crippen LogP contribution in [0.2, 0.25) is 0 Å². The molecule has 0 spiro atoms. The van der Waals surface area contributed by atoms with E-state index in [1.807, 2.05) is 0 Å². The molecule has 7 aromatic rings. The second-order valence-electron chi connectivity index (χ2n) is 14.1. The highest BCUT2D eigenvalue weighted by Gasteiger charge is 2.25. The number of hydrogen-bond acceptors (Lipinski definition) is 8. The number of aromatic nitrogens is 4. The zero-order chi connectivity index (χ0) is 43.8. The van der Waals surface area contributed by atoms with Gasteiger partial charge in [0.25, 0.3) is 43.0 Å². The average molecular weight is 861 g/mol. The Balaban J connectivity index is 1.06. The molecule has 0 unspecified atom stereocenters. The van der Waals surface area contributed by atoms with E-state index in [2.05, 4.69) is 20.1 Å². The fourth-order valence-electron chi connectivity index (χ4n) is 6.60. The molecule has 18 heteroatoms. The summed E-state index contributed by atoms with van der Waals surface area (Å²) in [6.45, 7) is 4.94. The van der Waals surface area contributed by atoms with Gasteiger partial charge in [-0.2, -0.15) is 0 Å². The van der Waals surface area contributed by atoms with Gasteiger partial charge in [0.2, 0.25) is 0 Å². The SMILES string of the molecule is Cc1ccc(NC(=O)c2cccc(S(=O)(=O)Nc3c(C)n(C)n(-c4ccccc4)c3=O)c2)cc1NC(=O)c1cccc(S(=O)(=O)Nc2c(C)n(C)n(-c3ccccc3)c2=O)c1. The summed E-state index contributed by atoms with van der Waals surface area (Å²) >= 11 is 0. The van der Waals surface area contributed by atoms with Crippen LogP contribution in [0.3, 0.4) is 0 Å². The number of sulfonamides is 2. The zero-order valence-electron chi connectivity index (χ0n) is 33.5. The van der Waals surface area contributed by atoms with Crippen molar-refractivity contribution in [2.24, 2.45) is 14.1 Å². The van der Waals surface area contributed by atoms with Gasteiger partial charge in [0, 0.05) is 36.6 Å². The van der Waals surface area contributed by atoms with E-state index in [1.54, 1.807) is 108 Å². The molecule has 0 saturated heterocycles. The molecule has 0 atom stereocenters. The van der Waals surface area contributed by atoms with Crippen molar-refractivity contribution in [3.05, 3.63) is 176 Å². The number of hydrogen-bond donors (Lipinski definition) is 4. The van der Waals surface area contributed by atoms with Crippen molar-refractivity contribution in [1.29, 1.82) is 0 Å². The summed E-state index contributed by atoms with van der Waals surface area (Å²) in [5.41, 5.74) is 1.59. The lowest BCUT2D eigenvalue weighted by Gasteiger charge is -2.13. The van der Waals surface area contributed by atoms with Crippen molar-refractivity contribution >= 4 is 54.6 Å². The van der Waals surface area contributed by atoms with Crippen LogP contribution in [0.5, 0.6) is 0 Å². The van der Waals surface area contributed by atoms with E-state index >= 15 is 0 Å². The van der Waals surface area contributed by atoms with E-state index < -0.39 is 43.0 Å². The third-order valence-corrected chi connectivity index (χ3v) is 12.8. The molecule has 4 N–H and O–H groups in total. The van der Waals surface area contributed by atoms with Gasteiger partial charge < -0.3 is 10.6 Å². The summed E-state index contributed by atoms with van der Waals surface area (Å²) in [6.07, 6.45) is 0. The first kappa shape index (κ1) is 41.7. The minimum atomic E-state index is -4.33. The first-order valence-electron chi connectivity index (χ1n) is 18.6. The Morgan fingerprint density at radius 3 is 1.38 bits per heavy atom. The van der Waals surface area contributed by atoms with Crippen molar-refractivity contribution < 1.29 is 26.4 Å². The van der Waals surface area contributed by atoms with Gasteiger partial charge >= 0.3 is 0 Å². The lowest BCUT2D eigenvalue weighted by atomic mass is 10.1. The second-order valence-corrected chi connectivity index (χ2v) is 17.4. The molecular formula is C43H40N8O8S2. The maximum absolute atomic E-state index is 13.6. The number of carbonyl (C=O) groups is 2. The first-order chi connectivity index (χ1) is 29.0. The lowest BCUT2D eigenvalue weighted by molar-refractivity contribution is 0.101. The molecule has 0 saturated carbocycles. The van der Waals surface area contributed by atoms with Crippen molar-refractivity contribution in [1.82, 2.24) is 18.7 Å². The molecule has 2 aromatic heterocycles. The molecule has 5 aromatic carbocycles. The van der Waals surface area contributed by atoms with E-state index in [1.165, 1.54) is 73.3 Å². The van der Waals surface area contributed by atoms with Crippen LogP contribution in [0.1, 0.15) is 37.7 Å². The smallest absolute Gasteiger partial charge is 0.296 e. The minimum absolute atomic E-state index is 0.000456. The molecule has 0 bridgehead atoms. The maximum Gasteiger partial charge on any atom is 0.296 e. The Hall–Kier alpha value is -7.44. The fraction of sp³-hybridized carbons (Fsp3) is 0.116. The Morgan fingerprint density at radius 1 is 0.508 bits per heavy atom. The Bertz CT molecular complexity index is 3210. The second kappa shape index (κ2) is 16.3. The van der Waals surface area contributed by atoms with Gasteiger partial charge in [-0.05, 0) is 99.1 Å². The topological polar surface area (TPSA) is 204 Å². The summed E-state index contributed by atoms with van der Waals surface area (Å²) in [4.78, 5) is 53.2. The van der Waals surface area contributed by atoms with Gasteiger partial charge in [0.1, 0.15) is 11.4 Å². The van der Waals surface area contributed by atoms with Gasteiger partial charge in [-0.1, -0.05) is 54.6 Å². The zero-order valence-corrected chi connectivity index (χ0v) is 35.1. The summed E-state index contributed by atoms with van der Waals surface area (Å²) in [5.74, 6) is -1.31. The maximum atomic E-state index is 13.6. The Kier molecular flexibility index (Phi) is 11.2. The molecule has 0 aliphatic heterocycles. The van der Waals surface area contributed by atoms with Crippen molar-refractivity contribution in [2.45, 2.75) is 30.6 Å². The number of nitrogens with one attached hydrogen (secondary N) is 4. The van der Waals surface area contributed by atoms with Gasteiger partial charge in [-0.25, -0.2) is 26.2 Å². The van der Waals surface area contributed by atoms with E-state index in [0.717, 1.165) is 0 Å². The normalized spacial score (nSPS) is 11.6. The van der Waals surface area contributed by atoms with Crippen LogP contribution in [0.4, 0.5) is 22.7 Å². The Labute approximate surface area is 350 Å². The van der Waals surface area contributed by atoms with Crippen molar-refractivity contribution in [2.75, 3.05) is 20.1 Å². The number of benzene rings is 5. The minimum Gasteiger partial charge on any atom is -0.322 e. The van der Waals surface area contributed by atoms with E-state index in [4.69, 9.17) is 0 Å². The molecule has 7 rings (SSSR count). The largest absolute Gasteiger partial charge is 0.322 e. The first-order valence-corrected chi connectivity index (χ1v) is 21.6. The number of carbonyl (C=O) groups excluding carboxylic acids is 2. The van der Waals surface area contributed by atoms with Crippen LogP contribution >= 0.6 is 0 Å². The van der Waals surface area contributed by atoms with Crippen LogP contribution in [0.25, 0.3) is 11.4 Å². The number of aryl methyl sites for hydroxylation is 1. The lowest BCUT2D eigenvalue weighted by Crippen LogP contribution is -2.23. The molecule has 2 amide bonds. The average Bonchev–Trinajstić information content (AvgIpc) is 3.59. The molecule has 0 aliphatic carbocycles. The molecule has 61 heavy (non-hydrogen) atoms. The monoisotopic (exact) mass is 860 g/mol. The van der Waals surface area contributed by atoms with Crippen LogP contribution < -0.4 is 31.2 Å². The van der Waals surface area contributed by atoms with E-state index in [-0.39, 0.29) is 38.0 Å². The van der Waals surface area contributed by atoms with Crippen LogP contribution in [0.15, 0.2) is 147 Å². The quantitative estimate of drug-likeness (QED) is 0.120. The summed E-state index contributed by atoms with van der Waals surface area (Å²) < 4.78 is 64.8. The molecule has 312 valence electrons. The number of nitrogens with zero attached hydrogens (tertiary/aromatic N) is 4. The molecule has 0 fully saturated rings. The van der Waals surface area contributed by atoms with Crippen molar-refractivity contribution in [3.8, 4) is 11.4 Å². The molecule has 0 aliphatic rings. The number of rotatable bonds is 12. The van der Waals surface area contributed by atoms with E-state index in [9.17, 15) is 36.0 Å². The molecular weight excluding hydrogens is 821 g/mol. The third kappa shape index (κ3) is 8.26. The summed E-state index contributed by atoms with van der Waals surface area (Å²) in [7, 11) is -5.39. The number of amides is 2. The van der Waals surface area contributed by atoms with Gasteiger partial charge in [-0.3, -0.25) is 38.0 Å². The number of para-hydroxylation sites is 2. The molecule has 2 heterocycles. The Morgan fingerprint density at radius 2 is 0.934 bits per heavy atom. The highest BCUT2D eigenvalue weighted by molar-refractivity contribution is 7.93. The van der Waals surface area contributed by atoms with E-state index in [0.29, 0.717) is 34.0 Å². The number of anilines is 4. The third-order valence-electron chi connectivity index (χ3n) is 10.1. The predicted octanol–water partition coefficient (Wildman–Crippen LogP) is 5.70. The predicted molar refractivity (Wildman–Crippen MR) is 233 cm³/mol. The van der Waals surface area contributed by atoms with Gasteiger partial charge in [-0.15, -0.1) is 0 Å². The fourth-order valence-corrected chi connectivity index (χ4v) is 8.92. The highest BCUT2D eigenvalue weighted by atomic mass is 32.2. The van der Waals surface area contributed by atoms with Crippen LogP contribution in [-0.4, -0.2) is 47.4 Å². The van der Waals surface area contributed by atoms with Crippen LogP contribution in [0, 0.1) is 20.8 Å². The summed E-state index contributed by atoms with van der Waals surface area (Å²) in [6, 6.07) is 32.9. The summed E-state index contributed by atoms with van der Waals surface area (Å²) in [5, 5.41) is 5.47. The van der Waals surface area contributed by atoms with Gasteiger partial charge in [0.05, 0.1) is 32.6 Å². The van der Waals surface area contributed by atoms with Crippen LogP contribution in [-0.2, 0) is 34.1 Å². The molecule has 16 nitrogen and oxygen atoms in total. The standard InChI is InChI=1S/C43H40N8O8S2/c1-27-22-23-32(44-40(52)30-14-12-20-35(24-30)60(56,57)46-38-28(2)48(4)50(42(38)54)33-16-8-6-9-17-33)26-37(27)45-41(53)31-15-13-21-36(25-31)61(58,59)47-39-29(3)49(5)51(43(39)55)34-18-10-7-11-19-34/h6-26,46-47H,1-5H3,(H,44,52)(H,45,53).